The molecule has 0 saturated carbocycles. The number of allylic oxidation sites excluding steroid dienone is 15. The Balaban J connectivity index is 5.06. The topological polar surface area (TPSA) is 114 Å². The van der Waals surface area contributed by atoms with Gasteiger partial charge in [0.15, 0.2) is 0 Å². The van der Waals surface area contributed by atoms with E-state index >= 15 is 0 Å². The number of phosphoric ester groups is 1. The zero-order valence-corrected chi connectivity index (χ0v) is 57.2. The van der Waals surface area contributed by atoms with Gasteiger partial charge in [-0.2, -0.15) is 0 Å². The van der Waals surface area contributed by atoms with E-state index < -0.39 is 26.6 Å². The van der Waals surface area contributed by atoms with Gasteiger partial charge in [-0.1, -0.05) is 285 Å². The number of hydrogen-bond acceptors (Lipinski definition) is 7. The molecule has 10 heteroatoms. The highest BCUT2D eigenvalue weighted by atomic mass is 31.2. The monoisotopic (exact) mass is 1210 g/mol. The van der Waals surface area contributed by atoms with E-state index in [0.717, 1.165) is 116 Å². The Hall–Kier alpha value is -3.07. The Morgan fingerprint density at radius 1 is 0.412 bits per heavy atom. The summed E-state index contributed by atoms with van der Waals surface area (Å²) in [4.78, 5) is 40.2. The largest absolute Gasteiger partial charge is 0.756 e. The lowest BCUT2D eigenvalue weighted by atomic mass is 10.0. The predicted molar refractivity (Wildman–Crippen MR) is 367 cm³/mol. The van der Waals surface area contributed by atoms with E-state index in [4.69, 9.17) is 13.8 Å². The molecule has 0 aliphatic heterocycles. The second-order valence-corrected chi connectivity index (χ2v) is 26.4. The molecule has 0 bridgehead atoms. The maximum absolute atomic E-state index is 13.6. The molecular formula is C75H135N2O7P. The number of quaternary nitrogens is 1. The zero-order chi connectivity index (χ0) is 62.1. The number of rotatable bonds is 64. The van der Waals surface area contributed by atoms with Crippen LogP contribution >= 0.6 is 7.82 Å². The molecule has 0 aromatic heterocycles. The van der Waals surface area contributed by atoms with E-state index in [1.807, 2.05) is 33.3 Å². The SMILES string of the molecule is CCCCC/C=C\C/C=C\C/C=C\C/C=C\CCCCCCCCCCCC(=O)OC(/C=C/CCCCCCCCCCC)C(COP(=O)([O-])OCC[N+](C)(C)C)NC(=O)CCCCCCCCCCCC/C=C\C/C=C\C/C=C\CCCCC. The highest BCUT2D eigenvalue weighted by Gasteiger charge is 2.27. The molecule has 1 N–H and O–H groups in total. The number of unbranched alkanes of at least 4 members (excludes halogenated alkanes) is 34. The van der Waals surface area contributed by atoms with Gasteiger partial charge in [0.05, 0.1) is 33.8 Å². The molecule has 0 spiro atoms. The van der Waals surface area contributed by atoms with E-state index in [9.17, 15) is 19.0 Å². The maximum Gasteiger partial charge on any atom is 0.306 e. The minimum Gasteiger partial charge on any atom is -0.756 e. The van der Waals surface area contributed by atoms with Crippen LogP contribution in [0.15, 0.2) is 97.2 Å². The van der Waals surface area contributed by atoms with E-state index in [1.54, 1.807) is 0 Å². The van der Waals surface area contributed by atoms with Crippen LogP contribution in [-0.2, 0) is 27.9 Å². The summed E-state index contributed by atoms with van der Waals surface area (Å²) in [6.45, 7) is 6.79. The fourth-order valence-corrected chi connectivity index (χ4v) is 10.7. The molecule has 0 fully saturated rings. The molecule has 0 radical (unpaired) electrons. The van der Waals surface area contributed by atoms with Gasteiger partial charge in [-0.25, -0.2) is 0 Å². The normalized spacial score (nSPS) is 14.1. The number of carbonyl (C=O) groups is 2. The highest BCUT2D eigenvalue weighted by Crippen LogP contribution is 2.38. The van der Waals surface area contributed by atoms with Crippen molar-refractivity contribution in [2.75, 3.05) is 40.9 Å². The number of amides is 1. The molecular weight excluding hydrogens is 1070 g/mol. The lowest BCUT2D eigenvalue weighted by Gasteiger charge is -2.30. The van der Waals surface area contributed by atoms with Crippen molar-refractivity contribution < 1.29 is 37.3 Å². The smallest absolute Gasteiger partial charge is 0.306 e. The fourth-order valence-electron chi connectivity index (χ4n) is 9.98. The Morgan fingerprint density at radius 2 is 0.718 bits per heavy atom. The number of likely N-dealkylation sites (N-methyl/N-ethyl adjacent to an activating group) is 1. The second-order valence-electron chi connectivity index (χ2n) is 25.0. The first kappa shape index (κ1) is 81.9. The average Bonchev–Trinajstić information content (AvgIpc) is 3.58. The number of carbonyl (C=O) groups excluding carboxylic acids is 2. The van der Waals surface area contributed by atoms with Crippen molar-refractivity contribution in [3.05, 3.63) is 97.2 Å². The summed E-state index contributed by atoms with van der Waals surface area (Å²) in [7, 11) is 1.17. The van der Waals surface area contributed by atoms with Gasteiger partial charge in [0, 0.05) is 12.8 Å². The Bertz CT molecular complexity index is 1780. The van der Waals surface area contributed by atoms with E-state index in [-0.39, 0.29) is 24.9 Å². The first-order chi connectivity index (χ1) is 41.4. The highest BCUT2D eigenvalue weighted by molar-refractivity contribution is 7.45. The van der Waals surface area contributed by atoms with Gasteiger partial charge in [-0.15, -0.1) is 0 Å². The number of phosphoric acid groups is 1. The number of ether oxygens (including phenoxy) is 1. The van der Waals surface area contributed by atoms with Crippen LogP contribution < -0.4 is 10.2 Å². The van der Waals surface area contributed by atoms with Crippen molar-refractivity contribution in [3.8, 4) is 0 Å². The quantitative estimate of drug-likeness (QED) is 0.0212. The summed E-state index contributed by atoms with van der Waals surface area (Å²) in [5, 5.41) is 3.04. The van der Waals surface area contributed by atoms with Gasteiger partial charge in [0.1, 0.15) is 19.3 Å². The van der Waals surface area contributed by atoms with Crippen molar-refractivity contribution in [2.45, 2.75) is 328 Å². The predicted octanol–water partition coefficient (Wildman–Crippen LogP) is 22.0. The Labute approximate surface area is 526 Å². The van der Waals surface area contributed by atoms with Gasteiger partial charge < -0.3 is 28.5 Å². The van der Waals surface area contributed by atoms with Crippen LogP contribution in [0.1, 0.15) is 316 Å². The van der Waals surface area contributed by atoms with Gasteiger partial charge in [0.25, 0.3) is 7.82 Å². The van der Waals surface area contributed by atoms with Gasteiger partial charge in [-0.05, 0) is 115 Å². The molecule has 492 valence electrons. The minimum absolute atomic E-state index is 0.0278. The zero-order valence-electron chi connectivity index (χ0n) is 56.3. The molecule has 0 heterocycles. The maximum atomic E-state index is 13.6. The summed E-state index contributed by atoms with van der Waals surface area (Å²) in [5.74, 6) is -0.550. The summed E-state index contributed by atoms with van der Waals surface area (Å²) < 4.78 is 30.4. The lowest BCUT2D eigenvalue weighted by Crippen LogP contribution is -2.47. The fraction of sp³-hybridized carbons (Fsp3) is 0.760. The summed E-state index contributed by atoms with van der Waals surface area (Å²) in [5.41, 5.74) is 0. The van der Waals surface area contributed by atoms with Crippen molar-refractivity contribution in [1.82, 2.24) is 5.32 Å². The first-order valence-corrected chi connectivity index (χ1v) is 37.0. The summed E-state index contributed by atoms with van der Waals surface area (Å²) in [6, 6.07) is -0.899. The standard InChI is InChI=1S/C75H135N2O7P/c1-7-10-13-16-19-22-25-27-29-31-33-35-37-38-40-42-44-46-48-50-53-56-59-62-65-68-75(79)84-73(66-63-60-57-54-51-24-21-18-15-12-9-3)72(71-83-85(80,81)82-70-69-77(4,5)6)76-74(78)67-64-61-58-55-52-49-47-45-43-41-39-36-34-32-30-28-26-23-20-17-14-11-8-2/h19-20,22-23,27-30,33-36,38,40,63,66,72-73H,7-18,21,24-26,31-32,37,39,41-62,64-65,67-71H2,1-6H3,(H-,76,78,80,81)/b22-19-,23-20-,29-27-,30-28-,35-33-,36-34-,40-38-,66-63+. The third kappa shape index (κ3) is 65.2. The molecule has 1 amide bonds. The Morgan fingerprint density at radius 3 is 1.09 bits per heavy atom. The summed E-state index contributed by atoms with van der Waals surface area (Å²) in [6.07, 6.45) is 86.7. The summed E-state index contributed by atoms with van der Waals surface area (Å²) >= 11 is 0. The van der Waals surface area contributed by atoms with Crippen LogP contribution in [0.4, 0.5) is 0 Å². The Kier molecular flexibility index (Phi) is 61.6. The van der Waals surface area contributed by atoms with Crippen LogP contribution in [0.25, 0.3) is 0 Å². The van der Waals surface area contributed by atoms with Crippen LogP contribution in [0.3, 0.4) is 0 Å². The molecule has 0 aliphatic carbocycles. The number of esters is 1. The van der Waals surface area contributed by atoms with Crippen LogP contribution in [-0.4, -0.2) is 69.4 Å². The molecule has 85 heavy (non-hydrogen) atoms. The van der Waals surface area contributed by atoms with Crippen LogP contribution in [0.2, 0.25) is 0 Å². The molecule has 0 aromatic rings. The van der Waals surface area contributed by atoms with Crippen molar-refractivity contribution in [3.63, 3.8) is 0 Å². The molecule has 9 nitrogen and oxygen atoms in total. The lowest BCUT2D eigenvalue weighted by molar-refractivity contribution is -0.870. The van der Waals surface area contributed by atoms with E-state index in [2.05, 4.69) is 111 Å². The van der Waals surface area contributed by atoms with E-state index in [1.165, 1.54) is 167 Å². The average molecular weight is 1210 g/mol. The molecule has 0 saturated heterocycles. The van der Waals surface area contributed by atoms with Gasteiger partial charge in [-0.3, -0.25) is 14.2 Å². The molecule has 0 aromatic carbocycles. The van der Waals surface area contributed by atoms with Crippen LogP contribution in [0, 0.1) is 0 Å². The molecule has 0 aliphatic rings. The number of nitrogens with one attached hydrogen (secondary N) is 1. The molecule has 0 rings (SSSR count). The van der Waals surface area contributed by atoms with Crippen molar-refractivity contribution in [1.29, 1.82) is 0 Å². The van der Waals surface area contributed by atoms with Crippen molar-refractivity contribution >= 4 is 19.7 Å². The molecule has 3 atom stereocenters. The number of hydrogen-bond donors (Lipinski definition) is 1. The number of nitrogens with zero attached hydrogens (tertiary/aromatic N) is 1. The van der Waals surface area contributed by atoms with Crippen LogP contribution in [0.5, 0.6) is 0 Å². The third-order valence-electron chi connectivity index (χ3n) is 15.5. The van der Waals surface area contributed by atoms with Crippen molar-refractivity contribution in [2.24, 2.45) is 0 Å². The first-order valence-electron chi connectivity index (χ1n) is 35.5. The van der Waals surface area contributed by atoms with E-state index in [0.29, 0.717) is 17.4 Å². The second kappa shape index (κ2) is 63.9. The van der Waals surface area contributed by atoms with Gasteiger partial charge >= 0.3 is 5.97 Å². The minimum atomic E-state index is -4.71. The third-order valence-corrected chi connectivity index (χ3v) is 16.5. The van der Waals surface area contributed by atoms with Gasteiger partial charge in [0.2, 0.25) is 5.91 Å². The molecule has 3 unspecified atom stereocenters.